The van der Waals surface area contributed by atoms with Gasteiger partial charge < -0.3 is 15.2 Å². The molecule has 0 bridgehead atoms. The van der Waals surface area contributed by atoms with E-state index in [1.807, 2.05) is 0 Å². The summed E-state index contributed by atoms with van der Waals surface area (Å²) < 4.78 is 3.24. The molecule has 2 saturated heterocycles. The molecule has 3 aliphatic rings. The molecule has 24 heavy (non-hydrogen) atoms. The number of hydrogen-bond acceptors (Lipinski definition) is 4. The lowest BCUT2D eigenvalue weighted by atomic mass is 9.85. The van der Waals surface area contributed by atoms with Gasteiger partial charge in [0.05, 0.1) is 20.1 Å². The maximum atomic E-state index is 5.93. The summed E-state index contributed by atoms with van der Waals surface area (Å²) in [5, 5.41) is 9.08. The van der Waals surface area contributed by atoms with Crippen LogP contribution in [0.5, 0.6) is 0 Å². The Labute approximate surface area is 144 Å². The third-order valence-corrected chi connectivity index (χ3v) is 6.62. The topological polar surface area (TPSA) is 60.0 Å². The largest absolute Gasteiger partial charge is 0.325 e. The van der Waals surface area contributed by atoms with Crippen LogP contribution in [-0.4, -0.2) is 63.4 Å². The van der Waals surface area contributed by atoms with Crippen molar-refractivity contribution < 1.29 is 4.48 Å². The maximum Gasteiger partial charge on any atom is 0.196 e. The number of aromatic nitrogens is 3. The van der Waals surface area contributed by atoms with Crippen LogP contribution < -0.4 is 5.73 Å². The minimum absolute atomic E-state index is 0.328. The minimum Gasteiger partial charge on any atom is -0.325 e. The summed E-state index contributed by atoms with van der Waals surface area (Å²) in [4.78, 5) is 2.35. The number of hydrogen-bond donors (Lipinski definition) is 1. The van der Waals surface area contributed by atoms with E-state index < -0.39 is 0 Å². The zero-order valence-electron chi connectivity index (χ0n) is 15.1. The van der Waals surface area contributed by atoms with Crippen LogP contribution in [0.4, 0.5) is 0 Å². The lowest BCUT2D eigenvalue weighted by Crippen LogP contribution is -2.61. The molecule has 0 aromatic carbocycles. The molecule has 3 heterocycles. The SMILES string of the molecule is C=C(N1CC(N)C1)[N+]1(C)CCC(c2nnc(C3CCC3)n2C)CC1. The van der Waals surface area contributed by atoms with E-state index in [1.54, 1.807) is 0 Å². The van der Waals surface area contributed by atoms with Crippen LogP contribution in [0.2, 0.25) is 0 Å². The van der Waals surface area contributed by atoms with E-state index in [2.05, 4.69) is 40.3 Å². The van der Waals surface area contributed by atoms with E-state index in [0.717, 1.165) is 43.5 Å². The first-order valence-electron chi connectivity index (χ1n) is 9.41. The van der Waals surface area contributed by atoms with Gasteiger partial charge in [0.1, 0.15) is 11.6 Å². The Morgan fingerprint density at radius 2 is 1.62 bits per heavy atom. The zero-order chi connectivity index (χ0) is 16.9. The fraction of sp³-hybridized carbons (Fsp3) is 0.778. The van der Waals surface area contributed by atoms with Crippen LogP contribution in [0, 0.1) is 0 Å². The Morgan fingerprint density at radius 3 is 2.08 bits per heavy atom. The van der Waals surface area contributed by atoms with Crippen LogP contribution in [0.1, 0.15) is 55.6 Å². The molecule has 0 unspecified atom stereocenters. The molecule has 0 spiro atoms. The van der Waals surface area contributed by atoms with Gasteiger partial charge in [-0.25, -0.2) is 0 Å². The molecule has 2 N–H and O–H groups in total. The van der Waals surface area contributed by atoms with Crippen molar-refractivity contribution >= 4 is 0 Å². The zero-order valence-corrected chi connectivity index (χ0v) is 15.1. The van der Waals surface area contributed by atoms with Gasteiger partial charge in [-0.15, -0.1) is 10.2 Å². The van der Waals surface area contributed by atoms with Crippen molar-refractivity contribution in [2.75, 3.05) is 33.2 Å². The van der Waals surface area contributed by atoms with Crippen LogP contribution in [0.15, 0.2) is 12.4 Å². The number of likely N-dealkylation sites (tertiary alicyclic amines) is 2. The first-order chi connectivity index (χ1) is 11.5. The van der Waals surface area contributed by atoms with Crippen molar-refractivity contribution in [1.29, 1.82) is 0 Å². The highest BCUT2D eigenvalue weighted by Gasteiger charge is 2.40. The summed E-state index contributed by atoms with van der Waals surface area (Å²) in [7, 11) is 4.48. The van der Waals surface area contributed by atoms with Crippen molar-refractivity contribution in [2.45, 2.75) is 50.0 Å². The molecule has 2 aliphatic heterocycles. The standard InChI is InChI=1S/C18H31N6/c1-13(23-11-16(19)12-23)24(3)9-7-15(8-10-24)18-21-20-17(22(18)2)14-5-4-6-14/h14-16H,1,4-12,19H2,2-3H3/q+1. The van der Waals surface area contributed by atoms with Crippen molar-refractivity contribution in [3.63, 3.8) is 0 Å². The van der Waals surface area contributed by atoms with Crippen LogP contribution in [0.25, 0.3) is 0 Å². The Morgan fingerprint density at radius 1 is 1.08 bits per heavy atom. The van der Waals surface area contributed by atoms with Gasteiger partial charge in [0, 0.05) is 50.9 Å². The van der Waals surface area contributed by atoms with Crippen LogP contribution in [0.3, 0.4) is 0 Å². The highest BCUT2D eigenvalue weighted by Crippen LogP contribution is 2.38. The van der Waals surface area contributed by atoms with E-state index in [0.29, 0.717) is 17.9 Å². The Hall–Kier alpha value is -1.40. The van der Waals surface area contributed by atoms with Crippen molar-refractivity contribution in [2.24, 2.45) is 12.8 Å². The average Bonchev–Trinajstić information content (AvgIpc) is 2.84. The van der Waals surface area contributed by atoms with Gasteiger partial charge in [-0.2, -0.15) is 0 Å². The second-order valence-electron chi connectivity index (χ2n) is 8.30. The van der Waals surface area contributed by atoms with E-state index in [4.69, 9.17) is 5.73 Å². The lowest BCUT2D eigenvalue weighted by Gasteiger charge is -2.48. The van der Waals surface area contributed by atoms with Gasteiger partial charge in [0.15, 0.2) is 5.82 Å². The molecule has 132 valence electrons. The molecule has 1 aromatic rings. The highest BCUT2D eigenvalue weighted by atomic mass is 15.5. The van der Waals surface area contributed by atoms with Crippen LogP contribution >= 0.6 is 0 Å². The van der Waals surface area contributed by atoms with Crippen molar-refractivity contribution in [3.8, 4) is 0 Å². The Bertz CT molecular complexity index is 617. The van der Waals surface area contributed by atoms with Gasteiger partial charge in [-0.1, -0.05) is 6.42 Å². The smallest absolute Gasteiger partial charge is 0.196 e. The van der Waals surface area contributed by atoms with Gasteiger partial charge >= 0.3 is 0 Å². The molecule has 4 rings (SSSR count). The summed E-state index contributed by atoms with van der Waals surface area (Å²) in [5.41, 5.74) is 5.93. The fourth-order valence-corrected chi connectivity index (χ4v) is 4.45. The first kappa shape index (κ1) is 16.1. The van der Waals surface area contributed by atoms with Gasteiger partial charge in [-0.3, -0.25) is 4.48 Å². The van der Waals surface area contributed by atoms with Gasteiger partial charge in [-0.05, 0) is 19.4 Å². The van der Waals surface area contributed by atoms with Crippen molar-refractivity contribution in [3.05, 3.63) is 24.0 Å². The van der Waals surface area contributed by atoms with E-state index in [-0.39, 0.29) is 0 Å². The molecule has 1 aliphatic carbocycles. The molecule has 0 amide bonds. The second kappa shape index (κ2) is 5.85. The molecule has 6 nitrogen and oxygen atoms in total. The Kier molecular flexibility index (Phi) is 3.92. The van der Waals surface area contributed by atoms with E-state index in [9.17, 15) is 0 Å². The van der Waals surface area contributed by atoms with Gasteiger partial charge in [0.2, 0.25) is 0 Å². The number of rotatable bonds is 4. The van der Waals surface area contributed by atoms with Crippen molar-refractivity contribution in [1.82, 2.24) is 19.7 Å². The normalized spacial score (nSPS) is 31.6. The number of nitrogens with two attached hydrogens (primary N) is 1. The third-order valence-electron chi connectivity index (χ3n) is 6.62. The molecule has 1 aromatic heterocycles. The summed E-state index contributed by atoms with van der Waals surface area (Å²) in [6, 6.07) is 0.328. The van der Waals surface area contributed by atoms with E-state index >= 15 is 0 Å². The third kappa shape index (κ3) is 2.56. The number of quaternary nitrogens is 1. The lowest BCUT2D eigenvalue weighted by molar-refractivity contribution is -0.886. The monoisotopic (exact) mass is 331 g/mol. The summed E-state index contributed by atoms with van der Waals surface area (Å²) >= 11 is 0. The molecule has 0 atom stereocenters. The number of nitrogens with zero attached hydrogens (tertiary/aromatic N) is 5. The first-order valence-corrected chi connectivity index (χ1v) is 9.41. The molecule has 0 radical (unpaired) electrons. The maximum absolute atomic E-state index is 5.93. The van der Waals surface area contributed by atoms with Crippen LogP contribution in [-0.2, 0) is 7.05 Å². The highest BCUT2D eigenvalue weighted by molar-refractivity contribution is 5.09. The predicted octanol–water partition coefficient (Wildman–Crippen LogP) is 1.52. The molecule has 6 heteroatoms. The van der Waals surface area contributed by atoms with Gasteiger partial charge in [0.25, 0.3) is 0 Å². The molecular formula is C18H31N6+. The molecular weight excluding hydrogens is 300 g/mol. The second-order valence-corrected chi connectivity index (χ2v) is 8.30. The molecule has 1 saturated carbocycles. The molecule has 3 fully saturated rings. The fourth-order valence-electron chi connectivity index (χ4n) is 4.45. The number of piperidine rings is 1. The Balaban J connectivity index is 1.41. The summed E-state index contributed by atoms with van der Waals surface area (Å²) in [6.45, 7) is 8.55. The summed E-state index contributed by atoms with van der Waals surface area (Å²) in [6.07, 6.45) is 6.22. The summed E-state index contributed by atoms with van der Waals surface area (Å²) in [5.74, 6) is 4.83. The minimum atomic E-state index is 0.328. The van der Waals surface area contributed by atoms with E-state index in [1.165, 1.54) is 36.7 Å². The predicted molar refractivity (Wildman–Crippen MR) is 94.2 cm³/mol. The average molecular weight is 331 g/mol. The quantitative estimate of drug-likeness (QED) is 0.850.